The van der Waals surface area contributed by atoms with Gasteiger partial charge < -0.3 is 42.8 Å². The second-order valence-electron chi connectivity index (χ2n) is 32.2. The Morgan fingerprint density at radius 3 is 1.13 bits per heavy atom. The van der Waals surface area contributed by atoms with Crippen molar-refractivity contribution in [1.29, 1.82) is 0 Å². The number of oxazole rings is 2. The van der Waals surface area contributed by atoms with Gasteiger partial charge in [0.15, 0.2) is 17.5 Å². The first kappa shape index (κ1) is 81.5. The highest BCUT2D eigenvalue weighted by Crippen LogP contribution is 2.51. The highest BCUT2D eigenvalue weighted by molar-refractivity contribution is 6.79. The van der Waals surface area contributed by atoms with Gasteiger partial charge in [-0.3, -0.25) is 34.1 Å². The van der Waals surface area contributed by atoms with Crippen molar-refractivity contribution in [3.05, 3.63) is 246 Å². The van der Waals surface area contributed by atoms with E-state index in [9.17, 15) is 37.5 Å². The smallest absolute Gasteiger partial charge is 0.258 e. The Labute approximate surface area is 661 Å². The van der Waals surface area contributed by atoms with Crippen LogP contribution in [0.4, 0.5) is 13.2 Å². The molecule has 3 aliphatic heterocycles. The average Bonchev–Trinajstić information content (AvgIpc) is 1.66. The molecule has 0 aliphatic carbocycles. The van der Waals surface area contributed by atoms with E-state index in [1.165, 1.54) is 36.4 Å². The van der Waals surface area contributed by atoms with E-state index in [1.807, 2.05) is 39.2 Å². The number of hydrogen-bond donors (Lipinski definition) is 2. The monoisotopic (exact) mass is 1560 g/mol. The number of nitrogens with one attached hydrogen (secondary N) is 1. The third-order valence-electron chi connectivity index (χ3n) is 22.7. The number of carbonyl (C=O) groups is 4. The second-order valence-corrected chi connectivity index (χ2v) is 42.9. The van der Waals surface area contributed by atoms with Crippen LogP contribution in [-0.2, 0) is 63.0 Å². The van der Waals surface area contributed by atoms with Crippen LogP contribution in [0.15, 0.2) is 131 Å². The molecule has 0 unspecified atom stereocenters. The zero-order valence-electron chi connectivity index (χ0n) is 67.6. The number of carbonyl (C=O) groups excluding carboxylic acids is 4. The number of fused-ring (bicyclic) bond motifs is 6. The summed E-state index contributed by atoms with van der Waals surface area (Å²) in [5.41, 5.74) is 15.8. The van der Waals surface area contributed by atoms with E-state index in [0.717, 1.165) is 88.7 Å². The number of hydrogen-bond acceptors (Lipinski definition) is 14. The summed E-state index contributed by atoms with van der Waals surface area (Å²) in [7, 11) is 0.410. The van der Waals surface area contributed by atoms with Crippen LogP contribution in [0, 0.1) is 43.6 Å². The van der Waals surface area contributed by atoms with E-state index in [-0.39, 0.29) is 76.4 Å². The van der Waals surface area contributed by atoms with Crippen molar-refractivity contribution in [3.63, 3.8) is 0 Å². The number of rotatable bonds is 23. The Morgan fingerprint density at radius 1 is 0.478 bits per heavy atom. The van der Waals surface area contributed by atoms with Crippen molar-refractivity contribution in [1.82, 2.24) is 44.9 Å². The van der Waals surface area contributed by atoms with Gasteiger partial charge in [-0.05, 0) is 188 Å². The van der Waals surface area contributed by atoms with E-state index in [0.29, 0.717) is 131 Å². The summed E-state index contributed by atoms with van der Waals surface area (Å²) in [5.74, 6) is 4.65. The number of phenolic OH excluding ortho intramolecular Hbond substituents is 1. The fourth-order valence-corrected chi connectivity index (χ4v) is 28.0. The van der Waals surface area contributed by atoms with Crippen LogP contribution >= 0.6 is 0 Å². The number of halogens is 3. The first-order valence-corrected chi connectivity index (χ1v) is 43.0. The van der Waals surface area contributed by atoms with Crippen LogP contribution in [0.1, 0.15) is 204 Å². The minimum Gasteiger partial charge on any atom is -0.541 e. The minimum absolute atomic E-state index is 0.0434. The molecule has 14 rings (SSSR count). The molecule has 0 spiro atoms. The van der Waals surface area contributed by atoms with Crippen molar-refractivity contribution in [2.75, 3.05) is 27.7 Å². The summed E-state index contributed by atoms with van der Waals surface area (Å²) in [6, 6.07) is 25.5. The molecule has 0 atom stereocenters. The molecule has 0 radical (unpaired) electrons. The number of aromatic hydroxyl groups is 1. The van der Waals surface area contributed by atoms with Crippen molar-refractivity contribution >= 4 is 73.0 Å². The molecule has 2 N–H and O–H groups in total. The van der Waals surface area contributed by atoms with Crippen molar-refractivity contribution in [2.45, 2.75) is 188 Å². The van der Waals surface area contributed by atoms with Crippen molar-refractivity contribution < 1.29 is 55.1 Å². The van der Waals surface area contributed by atoms with E-state index >= 15 is 0 Å². The molecule has 23 heteroatoms. The molecule has 588 valence electrons. The van der Waals surface area contributed by atoms with Gasteiger partial charge in [-0.25, -0.2) is 23.1 Å². The van der Waals surface area contributed by atoms with Gasteiger partial charge in [-0.15, -0.1) is 6.42 Å². The maximum absolute atomic E-state index is 13.8. The van der Waals surface area contributed by atoms with E-state index in [2.05, 4.69) is 115 Å². The lowest BCUT2D eigenvalue weighted by Gasteiger charge is -2.42. The fraction of sp³-hybridized carbons (Fsp3) is 0.367. The molecule has 4 amide bonds. The summed E-state index contributed by atoms with van der Waals surface area (Å²) in [6.07, 6.45) is 16.7. The van der Waals surface area contributed by atoms with E-state index in [1.54, 1.807) is 90.0 Å². The SMILES string of the molecule is C#CCNC(=O)Cc1c2c(c(O[Si](C(C)C)(C(C)C)C(C)C)c3ncc(Cc4ccc(F)cc4)cc13)C(=O)N(C)C2.Cc1cnc(Cc2c3c(c(O)c4ncc(Cc5ccc(F)cc5)cc24)C(=O)N(C)C3)o1.Cc1cnc(Cc2c3c(c(O[Si](C(C)C)(C(C)C)C(C)C)c4ncc(Cc5ccc(F)cc5)cc24)C(=O)N(C)C3)o1. The molecule has 3 aliphatic rings. The zero-order chi connectivity index (χ0) is 81.4. The Morgan fingerprint density at radius 2 is 0.796 bits per heavy atom. The first-order valence-electron chi connectivity index (χ1n) is 38.7. The van der Waals surface area contributed by atoms with Crippen molar-refractivity contribution in [3.8, 4) is 29.6 Å². The average molecular weight is 1570 g/mol. The molecule has 8 heterocycles. The summed E-state index contributed by atoms with van der Waals surface area (Å²) in [4.78, 5) is 81.3. The van der Waals surface area contributed by atoms with E-state index < -0.39 is 16.6 Å². The second kappa shape index (κ2) is 33.4. The molecule has 0 saturated carbocycles. The number of amides is 4. The van der Waals surface area contributed by atoms with Gasteiger partial charge in [-0.1, -0.05) is 125 Å². The quantitative estimate of drug-likeness (QED) is 0.0450. The standard InChI is InChI=1S/2C33H40FN3O3Si.C24H20FN3O3/c1-19(2)41(20(3)4,21(5)6)40-32-30-28(18-37(8)33(30)38)26(15-29-35-16-22(7)39-29)27-14-24(17-36-31(27)32)13-23-9-11-25(34)12-10-23;1-9-14-35-29(38)17-26-27-16-24(15-23-10-12-25(34)13-11-23)18-36-31(27)32(30-28(26)19-37(8)33(30)39)40-41(20(2)3,21(4)5)22(6)7;1-13-10-26-20(31-13)9-17-18-8-15(7-14-3-5-16(25)6-4-14)11-27-22(18)23(29)21-19(17)12-28(2)24(21)30/h9-12,14,16-17,19-21H,13,15,18H2,1-8H3;1,10-13,16,18,20-22H,14-15,17,19H2,2-8H3,(H,35,38);3-6,8,10-11,29H,7,9,12H2,1-2H3. The zero-order valence-corrected chi connectivity index (χ0v) is 69.6. The lowest BCUT2D eigenvalue weighted by Crippen LogP contribution is -2.51. The number of aryl methyl sites for hydroxylation is 2. The predicted octanol–water partition coefficient (Wildman–Crippen LogP) is 18.5. The largest absolute Gasteiger partial charge is 0.541 e. The van der Waals surface area contributed by atoms with Gasteiger partial charge >= 0.3 is 0 Å². The summed E-state index contributed by atoms with van der Waals surface area (Å²) < 4.78 is 66.4. The molecular formula is C90H100F3N9O9Si2. The number of terminal acetylenes is 1. The Hall–Kier alpha value is -11.0. The number of phenols is 1. The fourth-order valence-electron chi connectivity index (χ4n) is 17.5. The molecule has 0 bridgehead atoms. The Bertz CT molecular complexity index is 5460. The molecule has 6 aromatic carbocycles. The lowest BCUT2D eigenvalue weighted by molar-refractivity contribution is -0.120. The molecule has 0 fully saturated rings. The topological polar surface area (TPSA) is 219 Å². The third-order valence-corrected chi connectivity index (χ3v) is 34.6. The van der Waals surface area contributed by atoms with Crippen LogP contribution < -0.4 is 14.2 Å². The maximum Gasteiger partial charge on any atom is 0.258 e. The Kier molecular flexibility index (Phi) is 24.1. The van der Waals surface area contributed by atoms with Gasteiger partial charge in [0, 0.05) is 75.5 Å². The number of aromatic nitrogens is 5. The van der Waals surface area contributed by atoms with Gasteiger partial charge in [0.05, 0.1) is 54.9 Å². The van der Waals surface area contributed by atoms with Crippen LogP contribution in [0.5, 0.6) is 17.2 Å². The van der Waals surface area contributed by atoms with E-state index in [4.69, 9.17) is 34.1 Å². The predicted molar refractivity (Wildman–Crippen MR) is 439 cm³/mol. The highest BCUT2D eigenvalue weighted by atomic mass is 28.4. The molecular weight excluding hydrogens is 1460 g/mol. The molecule has 18 nitrogen and oxygen atoms in total. The van der Waals surface area contributed by atoms with Crippen molar-refractivity contribution in [2.24, 2.45) is 0 Å². The summed E-state index contributed by atoms with van der Waals surface area (Å²) in [6.45, 7) is 31.8. The first-order chi connectivity index (χ1) is 53.7. The van der Waals surface area contributed by atoms with Crippen LogP contribution in [-0.4, -0.2) is 113 Å². The Balaban J connectivity index is 0.000000159. The molecule has 5 aromatic heterocycles. The molecule has 113 heavy (non-hydrogen) atoms. The molecule has 11 aromatic rings. The molecule has 0 saturated heterocycles. The number of pyridine rings is 3. The van der Waals surface area contributed by atoms with Crippen LogP contribution in [0.2, 0.25) is 33.2 Å². The van der Waals surface area contributed by atoms with Gasteiger partial charge in [0.1, 0.15) is 57.0 Å². The van der Waals surface area contributed by atoms with Gasteiger partial charge in [-0.2, -0.15) is 0 Å². The van der Waals surface area contributed by atoms with Crippen LogP contribution in [0.3, 0.4) is 0 Å². The number of benzene rings is 6. The third kappa shape index (κ3) is 16.4. The highest BCUT2D eigenvalue weighted by Gasteiger charge is 2.51. The minimum atomic E-state index is -2.47. The maximum atomic E-state index is 13.8. The van der Waals surface area contributed by atoms with Crippen LogP contribution in [0.25, 0.3) is 32.7 Å². The lowest BCUT2D eigenvalue weighted by atomic mass is 9.93. The summed E-state index contributed by atoms with van der Waals surface area (Å²) in [5, 5.41) is 16.1. The van der Waals surface area contributed by atoms with Gasteiger partial charge in [0.25, 0.3) is 34.4 Å². The number of nitrogens with zero attached hydrogens (tertiary/aromatic N) is 8. The van der Waals surface area contributed by atoms with Gasteiger partial charge in [0.2, 0.25) is 5.91 Å². The summed E-state index contributed by atoms with van der Waals surface area (Å²) >= 11 is 0. The normalized spacial score (nSPS) is 13.5.